The van der Waals surface area contributed by atoms with Crippen LogP contribution in [0.5, 0.6) is 0 Å². The largest absolute Gasteiger partial charge is 0.297 e. The zero-order chi connectivity index (χ0) is 11.5. The molecule has 1 aliphatic heterocycles. The Balaban J connectivity index is 1.89. The quantitative estimate of drug-likeness (QED) is 0.754. The first-order valence-electron chi connectivity index (χ1n) is 5.97. The van der Waals surface area contributed by atoms with Crippen molar-refractivity contribution in [2.75, 3.05) is 19.0 Å². The lowest BCUT2D eigenvalue weighted by Crippen LogP contribution is -2.21. The second-order valence-electron chi connectivity index (χ2n) is 4.77. The van der Waals surface area contributed by atoms with Crippen LogP contribution in [-0.4, -0.2) is 33.6 Å². The number of nitrogens with zero attached hydrogens (tertiary/aromatic N) is 3. The summed E-state index contributed by atoms with van der Waals surface area (Å²) in [6.07, 6.45) is 2.45. The SMILES string of the molecule is Cc1cc(CN2CCC(CCCl)C2)n(C)n1. The molecule has 0 N–H and O–H groups in total. The van der Waals surface area contributed by atoms with Crippen molar-refractivity contribution in [2.45, 2.75) is 26.3 Å². The van der Waals surface area contributed by atoms with E-state index in [1.165, 1.54) is 25.2 Å². The molecule has 0 amide bonds. The Kier molecular flexibility index (Phi) is 3.87. The smallest absolute Gasteiger partial charge is 0.0597 e. The Morgan fingerprint density at radius 1 is 1.56 bits per heavy atom. The van der Waals surface area contributed by atoms with E-state index in [-0.39, 0.29) is 0 Å². The minimum atomic E-state index is 0.795. The number of alkyl halides is 1. The van der Waals surface area contributed by atoms with Crippen molar-refractivity contribution in [2.24, 2.45) is 13.0 Å². The fourth-order valence-electron chi connectivity index (χ4n) is 2.49. The Morgan fingerprint density at radius 2 is 2.38 bits per heavy atom. The molecule has 1 unspecified atom stereocenters. The van der Waals surface area contributed by atoms with Crippen molar-refractivity contribution in [3.8, 4) is 0 Å². The fraction of sp³-hybridized carbons (Fsp3) is 0.750. The molecule has 90 valence electrons. The van der Waals surface area contributed by atoms with Gasteiger partial charge in [0.15, 0.2) is 0 Å². The summed E-state index contributed by atoms with van der Waals surface area (Å²) in [5, 5.41) is 4.38. The average molecular weight is 242 g/mol. The van der Waals surface area contributed by atoms with Crippen LogP contribution in [0, 0.1) is 12.8 Å². The second-order valence-corrected chi connectivity index (χ2v) is 5.15. The number of hydrogen-bond acceptors (Lipinski definition) is 2. The van der Waals surface area contributed by atoms with E-state index in [0.717, 1.165) is 30.5 Å². The third kappa shape index (κ3) is 2.77. The highest BCUT2D eigenvalue weighted by molar-refractivity contribution is 6.17. The second kappa shape index (κ2) is 5.19. The summed E-state index contributed by atoms with van der Waals surface area (Å²) >= 11 is 5.79. The van der Waals surface area contributed by atoms with Crippen LogP contribution in [0.3, 0.4) is 0 Å². The molecule has 3 nitrogen and oxygen atoms in total. The lowest BCUT2D eigenvalue weighted by Gasteiger charge is -2.15. The molecule has 1 aromatic heterocycles. The Hall–Kier alpha value is -0.540. The van der Waals surface area contributed by atoms with E-state index in [9.17, 15) is 0 Å². The topological polar surface area (TPSA) is 21.1 Å². The molecule has 1 aromatic rings. The minimum absolute atomic E-state index is 0.795. The van der Waals surface area contributed by atoms with Crippen LogP contribution in [-0.2, 0) is 13.6 Å². The lowest BCUT2D eigenvalue weighted by molar-refractivity contribution is 0.306. The van der Waals surface area contributed by atoms with E-state index in [0.29, 0.717) is 0 Å². The van der Waals surface area contributed by atoms with E-state index in [2.05, 4.69) is 16.1 Å². The normalized spacial score (nSPS) is 21.8. The first-order valence-corrected chi connectivity index (χ1v) is 6.50. The summed E-state index contributed by atoms with van der Waals surface area (Å²) in [5.41, 5.74) is 2.41. The van der Waals surface area contributed by atoms with Gasteiger partial charge in [-0.25, -0.2) is 0 Å². The summed E-state index contributed by atoms with van der Waals surface area (Å²) in [6.45, 7) is 5.46. The number of hydrogen-bond donors (Lipinski definition) is 0. The van der Waals surface area contributed by atoms with Gasteiger partial charge in [-0.1, -0.05) is 0 Å². The van der Waals surface area contributed by atoms with E-state index in [1.807, 2.05) is 18.7 Å². The maximum absolute atomic E-state index is 5.79. The molecule has 1 aliphatic rings. The summed E-state index contributed by atoms with van der Waals surface area (Å²) in [6, 6.07) is 2.18. The zero-order valence-electron chi connectivity index (χ0n) is 10.1. The molecule has 2 heterocycles. The van der Waals surface area contributed by atoms with Crippen LogP contribution >= 0.6 is 11.6 Å². The van der Waals surface area contributed by atoms with Crippen LogP contribution in [0.2, 0.25) is 0 Å². The van der Waals surface area contributed by atoms with Crippen molar-refractivity contribution < 1.29 is 0 Å². The first kappa shape index (κ1) is 11.9. The van der Waals surface area contributed by atoms with Gasteiger partial charge in [0.25, 0.3) is 0 Å². The molecule has 1 saturated heterocycles. The van der Waals surface area contributed by atoms with Crippen molar-refractivity contribution in [3.63, 3.8) is 0 Å². The van der Waals surface area contributed by atoms with Crippen molar-refractivity contribution in [1.82, 2.24) is 14.7 Å². The van der Waals surface area contributed by atoms with Crippen molar-refractivity contribution in [3.05, 3.63) is 17.5 Å². The van der Waals surface area contributed by atoms with Gasteiger partial charge in [0.1, 0.15) is 0 Å². The summed E-state index contributed by atoms with van der Waals surface area (Å²) in [4.78, 5) is 2.51. The van der Waals surface area contributed by atoms with Crippen LogP contribution in [0.4, 0.5) is 0 Å². The summed E-state index contributed by atoms with van der Waals surface area (Å²) < 4.78 is 1.99. The Labute approximate surface area is 102 Å². The van der Waals surface area contributed by atoms with Gasteiger partial charge in [-0.05, 0) is 38.3 Å². The van der Waals surface area contributed by atoms with E-state index in [1.54, 1.807) is 0 Å². The molecule has 0 bridgehead atoms. The molecule has 2 rings (SSSR count). The third-order valence-corrected chi connectivity index (χ3v) is 3.59. The van der Waals surface area contributed by atoms with Crippen LogP contribution in [0.25, 0.3) is 0 Å². The predicted octanol–water partition coefficient (Wildman–Crippen LogP) is 2.18. The molecule has 1 fully saturated rings. The van der Waals surface area contributed by atoms with E-state index >= 15 is 0 Å². The number of aromatic nitrogens is 2. The molecule has 0 saturated carbocycles. The number of aryl methyl sites for hydroxylation is 2. The van der Waals surface area contributed by atoms with Gasteiger partial charge in [-0.3, -0.25) is 9.58 Å². The minimum Gasteiger partial charge on any atom is -0.297 e. The standard InChI is InChI=1S/C12H20ClN3/c1-10-7-12(15(2)14-10)9-16-6-4-11(8-16)3-5-13/h7,11H,3-6,8-9H2,1-2H3. The van der Waals surface area contributed by atoms with Crippen LogP contribution in [0.1, 0.15) is 24.2 Å². The Morgan fingerprint density at radius 3 is 3.00 bits per heavy atom. The van der Waals surface area contributed by atoms with Gasteiger partial charge in [-0.2, -0.15) is 5.10 Å². The monoisotopic (exact) mass is 241 g/mol. The van der Waals surface area contributed by atoms with Crippen molar-refractivity contribution >= 4 is 11.6 Å². The highest BCUT2D eigenvalue weighted by Crippen LogP contribution is 2.21. The van der Waals surface area contributed by atoms with Crippen LogP contribution in [0.15, 0.2) is 6.07 Å². The highest BCUT2D eigenvalue weighted by atomic mass is 35.5. The van der Waals surface area contributed by atoms with Gasteiger partial charge in [0.05, 0.1) is 11.4 Å². The predicted molar refractivity (Wildman–Crippen MR) is 66.7 cm³/mol. The lowest BCUT2D eigenvalue weighted by atomic mass is 10.1. The molecule has 16 heavy (non-hydrogen) atoms. The zero-order valence-corrected chi connectivity index (χ0v) is 10.9. The molecule has 0 aliphatic carbocycles. The Bertz CT molecular complexity index is 348. The van der Waals surface area contributed by atoms with Gasteiger partial charge < -0.3 is 0 Å². The number of likely N-dealkylation sites (tertiary alicyclic amines) is 1. The summed E-state index contributed by atoms with van der Waals surface area (Å²) in [7, 11) is 2.02. The molecule has 0 spiro atoms. The average Bonchev–Trinajstić information content (AvgIpc) is 2.76. The molecular formula is C12H20ClN3. The van der Waals surface area contributed by atoms with E-state index < -0.39 is 0 Å². The van der Waals surface area contributed by atoms with Crippen molar-refractivity contribution in [1.29, 1.82) is 0 Å². The first-order chi connectivity index (χ1) is 7.69. The third-order valence-electron chi connectivity index (χ3n) is 3.37. The summed E-state index contributed by atoms with van der Waals surface area (Å²) in [5.74, 6) is 1.59. The fourth-order valence-corrected chi connectivity index (χ4v) is 2.80. The molecule has 0 aromatic carbocycles. The van der Waals surface area contributed by atoms with Gasteiger partial charge in [-0.15, -0.1) is 11.6 Å². The van der Waals surface area contributed by atoms with Gasteiger partial charge in [0.2, 0.25) is 0 Å². The highest BCUT2D eigenvalue weighted by Gasteiger charge is 2.22. The molecule has 1 atom stereocenters. The number of halogens is 1. The van der Waals surface area contributed by atoms with Crippen LogP contribution < -0.4 is 0 Å². The van der Waals surface area contributed by atoms with E-state index in [4.69, 9.17) is 11.6 Å². The molecular weight excluding hydrogens is 222 g/mol. The van der Waals surface area contributed by atoms with Gasteiger partial charge >= 0.3 is 0 Å². The molecule has 0 radical (unpaired) electrons. The maximum atomic E-state index is 5.79. The van der Waals surface area contributed by atoms with Gasteiger partial charge in [0, 0.05) is 26.0 Å². The maximum Gasteiger partial charge on any atom is 0.0597 e. The molecule has 4 heteroatoms. The number of rotatable bonds is 4.